The molecule has 0 saturated heterocycles. The van der Waals surface area contributed by atoms with E-state index in [9.17, 15) is 4.79 Å². The summed E-state index contributed by atoms with van der Waals surface area (Å²) >= 11 is 0. The summed E-state index contributed by atoms with van der Waals surface area (Å²) in [6, 6.07) is 22.1. The lowest BCUT2D eigenvalue weighted by Crippen LogP contribution is -2.30. The lowest BCUT2D eigenvalue weighted by molar-refractivity contribution is 0.570. The highest BCUT2D eigenvalue weighted by Crippen LogP contribution is 2.30. The minimum absolute atomic E-state index is 0.289. The van der Waals surface area contributed by atoms with Gasteiger partial charge in [-0.25, -0.2) is 4.79 Å². The van der Waals surface area contributed by atoms with Crippen molar-refractivity contribution < 1.29 is 4.42 Å². The lowest BCUT2D eigenvalue weighted by atomic mass is 10.0. The Balaban J connectivity index is 1.98. The number of hydrogen-bond acceptors (Lipinski definition) is 2. The molecule has 6 rings (SSSR count). The Morgan fingerprint density at radius 1 is 0.750 bits per heavy atom. The Bertz CT molecular complexity index is 1570. The number of nitrogens with zero attached hydrogens (tertiary/aromatic N) is 1. The van der Waals surface area contributed by atoms with Crippen LogP contribution >= 0.6 is 0 Å². The molecular weight excluding hydrogens is 346 g/mol. The van der Waals surface area contributed by atoms with Crippen LogP contribution in [0.4, 0.5) is 0 Å². The molecule has 5 aromatic rings. The standard InChI is InChI=1S/C25H17NO2/c27-25-20-12-5-4-11-18(20)23-22(28-25)15-14-19-17-10-6-7-13-21(17)26(24(19)23)16-8-2-1-3-9-16/h1-5,8-15H,6-7H2. The van der Waals surface area contributed by atoms with E-state index in [1.807, 2.05) is 36.4 Å². The molecule has 0 atom stereocenters. The third-order valence-electron chi connectivity index (χ3n) is 5.66. The topological polar surface area (TPSA) is 35.1 Å². The van der Waals surface area contributed by atoms with Crippen LogP contribution in [0.3, 0.4) is 0 Å². The van der Waals surface area contributed by atoms with E-state index in [0.717, 1.165) is 34.8 Å². The van der Waals surface area contributed by atoms with Crippen molar-refractivity contribution in [2.45, 2.75) is 12.8 Å². The van der Waals surface area contributed by atoms with Crippen LogP contribution in [0.25, 0.3) is 50.5 Å². The average Bonchev–Trinajstić information content (AvgIpc) is 3.09. The molecule has 3 nitrogen and oxygen atoms in total. The zero-order valence-electron chi connectivity index (χ0n) is 15.2. The summed E-state index contributed by atoms with van der Waals surface area (Å²) in [6.07, 6.45) is 6.72. The van der Waals surface area contributed by atoms with Gasteiger partial charge in [0.1, 0.15) is 5.58 Å². The monoisotopic (exact) mass is 363 g/mol. The highest BCUT2D eigenvalue weighted by Gasteiger charge is 2.17. The van der Waals surface area contributed by atoms with E-state index >= 15 is 0 Å². The summed E-state index contributed by atoms with van der Waals surface area (Å²) in [7, 11) is 0. The maximum atomic E-state index is 12.5. The maximum absolute atomic E-state index is 12.5. The van der Waals surface area contributed by atoms with E-state index in [2.05, 4.69) is 47.1 Å². The van der Waals surface area contributed by atoms with Crippen molar-refractivity contribution in [3.63, 3.8) is 0 Å². The highest BCUT2D eigenvalue weighted by molar-refractivity contribution is 6.17. The van der Waals surface area contributed by atoms with E-state index in [1.165, 1.54) is 16.0 Å². The van der Waals surface area contributed by atoms with E-state index in [1.54, 1.807) is 0 Å². The Morgan fingerprint density at radius 3 is 2.36 bits per heavy atom. The zero-order chi connectivity index (χ0) is 18.7. The van der Waals surface area contributed by atoms with Gasteiger partial charge in [0, 0.05) is 27.0 Å². The van der Waals surface area contributed by atoms with Crippen molar-refractivity contribution in [3.05, 3.63) is 87.7 Å². The molecule has 0 spiro atoms. The molecule has 0 aliphatic heterocycles. The Labute approximate surface area is 160 Å². The lowest BCUT2D eigenvalue weighted by Gasteiger charge is -2.10. The Kier molecular flexibility index (Phi) is 3.15. The predicted octanol–water partition coefficient (Wildman–Crippen LogP) is 4.24. The van der Waals surface area contributed by atoms with Crippen LogP contribution in [0.2, 0.25) is 0 Å². The third kappa shape index (κ3) is 2.01. The molecule has 1 aliphatic rings. The molecule has 3 aromatic carbocycles. The van der Waals surface area contributed by atoms with Gasteiger partial charge in [-0.3, -0.25) is 0 Å². The molecule has 0 radical (unpaired) electrons. The largest absolute Gasteiger partial charge is 0.422 e. The molecule has 2 aromatic heterocycles. The first-order chi connectivity index (χ1) is 13.8. The molecular formula is C25H17NO2. The number of para-hydroxylation sites is 1. The molecule has 1 aliphatic carbocycles. The second-order valence-corrected chi connectivity index (χ2v) is 7.23. The van der Waals surface area contributed by atoms with Gasteiger partial charge in [0.25, 0.3) is 0 Å². The van der Waals surface area contributed by atoms with Gasteiger partial charge in [-0.2, -0.15) is 0 Å². The molecule has 2 heterocycles. The van der Waals surface area contributed by atoms with Gasteiger partial charge in [-0.15, -0.1) is 0 Å². The van der Waals surface area contributed by atoms with Gasteiger partial charge in [0.15, 0.2) is 0 Å². The van der Waals surface area contributed by atoms with E-state index < -0.39 is 0 Å². The van der Waals surface area contributed by atoms with Crippen LogP contribution in [-0.4, -0.2) is 4.57 Å². The van der Waals surface area contributed by atoms with Crippen LogP contribution in [0.5, 0.6) is 0 Å². The van der Waals surface area contributed by atoms with Gasteiger partial charge in [0.05, 0.1) is 16.3 Å². The normalized spacial score (nSPS) is 13.4. The number of fused-ring (bicyclic) bond motifs is 7. The summed E-state index contributed by atoms with van der Waals surface area (Å²) in [6.45, 7) is 0. The summed E-state index contributed by atoms with van der Waals surface area (Å²) < 4.78 is 8.03. The van der Waals surface area contributed by atoms with Crippen molar-refractivity contribution in [1.29, 1.82) is 0 Å². The highest BCUT2D eigenvalue weighted by atomic mass is 16.4. The van der Waals surface area contributed by atoms with Crippen molar-refractivity contribution in [2.75, 3.05) is 0 Å². The molecule has 0 bridgehead atoms. The molecule has 0 fully saturated rings. The van der Waals surface area contributed by atoms with E-state index in [-0.39, 0.29) is 5.63 Å². The van der Waals surface area contributed by atoms with Crippen molar-refractivity contribution >= 4 is 44.8 Å². The molecule has 134 valence electrons. The first-order valence-corrected chi connectivity index (χ1v) is 9.58. The van der Waals surface area contributed by atoms with Crippen LogP contribution in [0.1, 0.15) is 12.8 Å². The molecule has 0 saturated carbocycles. The summed E-state index contributed by atoms with van der Waals surface area (Å²) in [5.74, 6) is 0. The SMILES string of the molecule is O=c1oc2ccc3c4c(n(-c5ccccc5)c3c2c2ccccc12)=CCCC=4. The molecule has 3 heteroatoms. The fourth-order valence-corrected chi connectivity index (χ4v) is 4.49. The van der Waals surface area contributed by atoms with Crippen LogP contribution in [0.15, 0.2) is 75.9 Å². The third-order valence-corrected chi connectivity index (χ3v) is 5.66. The summed E-state index contributed by atoms with van der Waals surface area (Å²) in [5.41, 5.74) is 2.55. The maximum Gasteiger partial charge on any atom is 0.344 e. The first kappa shape index (κ1) is 15.5. The zero-order valence-corrected chi connectivity index (χ0v) is 15.2. The van der Waals surface area contributed by atoms with Crippen LogP contribution < -0.4 is 16.2 Å². The Morgan fingerprint density at radius 2 is 1.50 bits per heavy atom. The van der Waals surface area contributed by atoms with Crippen molar-refractivity contribution in [1.82, 2.24) is 4.57 Å². The van der Waals surface area contributed by atoms with Gasteiger partial charge in [-0.1, -0.05) is 48.6 Å². The average molecular weight is 363 g/mol. The second kappa shape index (κ2) is 5.70. The van der Waals surface area contributed by atoms with Crippen molar-refractivity contribution in [2.24, 2.45) is 0 Å². The van der Waals surface area contributed by atoms with Gasteiger partial charge >= 0.3 is 5.63 Å². The van der Waals surface area contributed by atoms with E-state index in [4.69, 9.17) is 4.42 Å². The van der Waals surface area contributed by atoms with Crippen LogP contribution in [0, 0.1) is 0 Å². The van der Waals surface area contributed by atoms with Crippen molar-refractivity contribution in [3.8, 4) is 5.69 Å². The van der Waals surface area contributed by atoms with Gasteiger partial charge in [0.2, 0.25) is 0 Å². The predicted molar refractivity (Wildman–Crippen MR) is 114 cm³/mol. The number of rotatable bonds is 1. The molecule has 28 heavy (non-hydrogen) atoms. The first-order valence-electron chi connectivity index (χ1n) is 9.58. The smallest absolute Gasteiger partial charge is 0.344 e. The number of benzene rings is 3. The van der Waals surface area contributed by atoms with Crippen LogP contribution in [-0.2, 0) is 0 Å². The Hall–Kier alpha value is -3.59. The molecule has 0 unspecified atom stereocenters. The molecule has 0 amide bonds. The van der Waals surface area contributed by atoms with Gasteiger partial charge < -0.3 is 8.98 Å². The quantitative estimate of drug-likeness (QED) is 0.330. The van der Waals surface area contributed by atoms with E-state index in [0.29, 0.717) is 11.0 Å². The fraction of sp³-hybridized carbons (Fsp3) is 0.0800. The number of aromatic nitrogens is 1. The minimum Gasteiger partial charge on any atom is -0.422 e. The minimum atomic E-state index is -0.289. The second-order valence-electron chi connectivity index (χ2n) is 7.23. The van der Waals surface area contributed by atoms with Gasteiger partial charge in [-0.05, 0) is 43.2 Å². The number of hydrogen-bond donors (Lipinski definition) is 0. The fourth-order valence-electron chi connectivity index (χ4n) is 4.49. The summed E-state index contributed by atoms with van der Waals surface area (Å²) in [5, 5.41) is 6.23. The summed E-state index contributed by atoms with van der Waals surface area (Å²) in [4.78, 5) is 12.5. The molecule has 0 N–H and O–H groups in total.